The van der Waals surface area contributed by atoms with Crippen molar-refractivity contribution >= 4 is 9.84 Å². The summed E-state index contributed by atoms with van der Waals surface area (Å²) in [6.07, 6.45) is 3.90. The Morgan fingerprint density at radius 1 is 1.09 bits per heavy atom. The Morgan fingerprint density at radius 3 is 2.22 bits per heavy atom. The van der Waals surface area contributed by atoms with Crippen molar-refractivity contribution in [1.82, 2.24) is 0 Å². The third-order valence-corrected chi connectivity index (χ3v) is 5.63. The smallest absolute Gasteiger partial charge is 0.187 e. The predicted molar refractivity (Wildman–Crippen MR) is 87.0 cm³/mol. The topological polar surface area (TPSA) is 78.2 Å². The van der Waals surface area contributed by atoms with E-state index in [1.807, 2.05) is 6.07 Å². The molecule has 0 aromatic heterocycles. The molecular weight excluding hydrogens is 310 g/mol. The average Bonchev–Trinajstić information content (AvgIpc) is 2.56. The predicted octanol–water partition coefficient (Wildman–Crippen LogP) is 2.46. The molecule has 2 unspecified atom stereocenters. The molecule has 0 heterocycles. The van der Waals surface area contributed by atoms with Gasteiger partial charge in [-0.15, -0.1) is 12.3 Å². The van der Waals surface area contributed by atoms with Crippen molar-refractivity contribution in [3.05, 3.63) is 65.7 Å². The molecule has 0 aliphatic rings. The van der Waals surface area contributed by atoms with Crippen molar-refractivity contribution in [2.45, 2.75) is 22.7 Å². The first kappa shape index (κ1) is 16.8. The van der Waals surface area contributed by atoms with Gasteiger partial charge in [-0.05, 0) is 29.8 Å². The van der Waals surface area contributed by atoms with Gasteiger partial charge in [-0.2, -0.15) is 5.26 Å². The number of nitriles is 1. The molecule has 4 nitrogen and oxygen atoms in total. The third kappa shape index (κ3) is 3.60. The van der Waals surface area contributed by atoms with Crippen molar-refractivity contribution in [1.29, 1.82) is 5.26 Å². The minimum Gasteiger partial charge on any atom is -0.390 e. The van der Waals surface area contributed by atoms with E-state index < -0.39 is 21.2 Å². The largest absolute Gasteiger partial charge is 0.390 e. The van der Waals surface area contributed by atoms with Crippen LogP contribution in [-0.4, -0.2) is 19.6 Å². The van der Waals surface area contributed by atoms with E-state index in [2.05, 4.69) is 5.92 Å². The van der Waals surface area contributed by atoms with Gasteiger partial charge >= 0.3 is 0 Å². The molecule has 2 rings (SSSR count). The number of hydrogen-bond acceptors (Lipinski definition) is 4. The highest BCUT2D eigenvalue weighted by molar-refractivity contribution is 7.91. The van der Waals surface area contributed by atoms with Crippen molar-refractivity contribution in [2.75, 3.05) is 0 Å². The van der Waals surface area contributed by atoms with Crippen LogP contribution < -0.4 is 0 Å². The first-order chi connectivity index (χ1) is 11.0. The molecule has 2 atom stereocenters. The van der Waals surface area contributed by atoms with Gasteiger partial charge in [0.1, 0.15) is 5.25 Å². The Morgan fingerprint density at radius 2 is 1.70 bits per heavy atom. The summed E-state index contributed by atoms with van der Waals surface area (Å²) < 4.78 is 25.8. The van der Waals surface area contributed by atoms with Crippen LogP contribution in [0.25, 0.3) is 0 Å². The molecule has 0 fully saturated rings. The molecule has 2 aromatic rings. The molecule has 0 saturated heterocycles. The quantitative estimate of drug-likeness (QED) is 0.857. The standard InChI is InChI=1S/C18H15NO3S/c1-2-6-17(20)18(15-11-9-14(13-19)10-12-15)23(21,22)16-7-4-3-5-8-16/h1,3-5,7-12,17-18,20H,6H2. The van der Waals surface area contributed by atoms with Crippen LogP contribution in [0.2, 0.25) is 0 Å². The average molecular weight is 325 g/mol. The third-order valence-electron chi connectivity index (χ3n) is 3.45. The minimum atomic E-state index is -3.82. The highest BCUT2D eigenvalue weighted by Gasteiger charge is 2.34. The van der Waals surface area contributed by atoms with E-state index in [0.29, 0.717) is 11.1 Å². The van der Waals surface area contributed by atoms with E-state index in [1.54, 1.807) is 18.2 Å². The minimum absolute atomic E-state index is 0.0866. The molecule has 5 heteroatoms. The molecule has 0 radical (unpaired) electrons. The van der Waals surface area contributed by atoms with Crippen LogP contribution in [-0.2, 0) is 9.84 Å². The number of aliphatic hydroxyl groups excluding tert-OH is 1. The van der Waals surface area contributed by atoms with E-state index in [0.717, 1.165) is 0 Å². The van der Waals surface area contributed by atoms with Gasteiger partial charge in [0.25, 0.3) is 0 Å². The van der Waals surface area contributed by atoms with Gasteiger partial charge in [-0.1, -0.05) is 30.3 Å². The van der Waals surface area contributed by atoms with Crippen LogP contribution in [0, 0.1) is 23.7 Å². The van der Waals surface area contributed by atoms with Gasteiger partial charge in [-0.3, -0.25) is 0 Å². The SMILES string of the molecule is C#CCC(O)C(c1ccc(C#N)cc1)S(=O)(=O)c1ccccc1. The number of terminal acetylenes is 1. The fraction of sp³-hybridized carbons (Fsp3) is 0.167. The Labute approximate surface area is 135 Å². The van der Waals surface area contributed by atoms with Gasteiger partial charge in [0, 0.05) is 6.42 Å². The summed E-state index contributed by atoms with van der Waals surface area (Å²) in [5, 5.41) is 18.0. The van der Waals surface area contributed by atoms with Crippen molar-refractivity contribution in [2.24, 2.45) is 0 Å². The summed E-state index contributed by atoms with van der Waals surface area (Å²) in [7, 11) is -3.82. The molecule has 116 valence electrons. The fourth-order valence-electron chi connectivity index (χ4n) is 2.34. The van der Waals surface area contributed by atoms with Gasteiger partial charge in [0.05, 0.1) is 22.6 Å². The first-order valence-corrected chi connectivity index (χ1v) is 8.46. The van der Waals surface area contributed by atoms with E-state index in [4.69, 9.17) is 11.7 Å². The van der Waals surface area contributed by atoms with Crippen LogP contribution in [0.5, 0.6) is 0 Å². The molecule has 0 bridgehead atoms. The van der Waals surface area contributed by atoms with Crippen LogP contribution in [0.3, 0.4) is 0 Å². The number of sulfone groups is 1. The lowest BCUT2D eigenvalue weighted by Gasteiger charge is -2.22. The molecule has 23 heavy (non-hydrogen) atoms. The maximum absolute atomic E-state index is 12.9. The summed E-state index contributed by atoms with van der Waals surface area (Å²) in [4.78, 5) is 0.116. The Kier molecular flexibility index (Phi) is 5.18. The summed E-state index contributed by atoms with van der Waals surface area (Å²) in [5.74, 6) is 2.30. The number of benzene rings is 2. The second-order valence-electron chi connectivity index (χ2n) is 4.99. The van der Waals surface area contributed by atoms with E-state index in [1.165, 1.54) is 36.4 Å². The number of aliphatic hydroxyl groups is 1. The Balaban J connectivity index is 2.54. The van der Waals surface area contributed by atoms with Crippen molar-refractivity contribution in [3.63, 3.8) is 0 Å². The summed E-state index contributed by atoms with van der Waals surface area (Å²) in [5.41, 5.74) is 0.812. The number of rotatable bonds is 5. The molecule has 0 spiro atoms. The highest BCUT2D eigenvalue weighted by atomic mass is 32.2. The van der Waals surface area contributed by atoms with E-state index in [-0.39, 0.29) is 11.3 Å². The van der Waals surface area contributed by atoms with Gasteiger partial charge in [0.2, 0.25) is 0 Å². The van der Waals surface area contributed by atoms with Crippen LogP contribution in [0.4, 0.5) is 0 Å². The first-order valence-electron chi connectivity index (χ1n) is 6.91. The Hall–Kier alpha value is -2.60. The molecule has 0 aliphatic heterocycles. The number of hydrogen-bond donors (Lipinski definition) is 1. The zero-order valence-electron chi connectivity index (χ0n) is 12.3. The van der Waals surface area contributed by atoms with Gasteiger partial charge < -0.3 is 5.11 Å². The van der Waals surface area contributed by atoms with Gasteiger partial charge in [-0.25, -0.2) is 8.42 Å². The van der Waals surface area contributed by atoms with Crippen LogP contribution >= 0.6 is 0 Å². The zero-order chi connectivity index (χ0) is 16.9. The van der Waals surface area contributed by atoms with Crippen molar-refractivity contribution < 1.29 is 13.5 Å². The normalized spacial score (nSPS) is 13.5. The maximum Gasteiger partial charge on any atom is 0.187 e. The lowest BCUT2D eigenvalue weighted by atomic mass is 10.0. The van der Waals surface area contributed by atoms with E-state index in [9.17, 15) is 13.5 Å². The van der Waals surface area contributed by atoms with Crippen molar-refractivity contribution in [3.8, 4) is 18.4 Å². The monoisotopic (exact) mass is 325 g/mol. The summed E-state index contributed by atoms with van der Waals surface area (Å²) in [6.45, 7) is 0. The fourth-order valence-corrected chi connectivity index (χ4v) is 4.19. The lowest BCUT2D eigenvalue weighted by molar-refractivity contribution is 0.174. The highest BCUT2D eigenvalue weighted by Crippen LogP contribution is 2.33. The molecule has 1 N–H and O–H groups in total. The second-order valence-corrected chi connectivity index (χ2v) is 7.06. The lowest BCUT2D eigenvalue weighted by Crippen LogP contribution is -2.26. The number of nitrogens with zero attached hydrogens (tertiary/aromatic N) is 1. The molecule has 0 amide bonds. The second kappa shape index (κ2) is 7.11. The molecule has 0 aliphatic carbocycles. The molecular formula is C18H15NO3S. The van der Waals surface area contributed by atoms with Crippen LogP contribution in [0.15, 0.2) is 59.5 Å². The maximum atomic E-state index is 12.9. The summed E-state index contributed by atoms with van der Waals surface area (Å²) in [6, 6.07) is 16.0. The van der Waals surface area contributed by atoms with Gasteiger partial charge in [0.15, 0.2) is 9.84 Å². The van der Waals surface area contributed by atoms with E-state index >= 15 is 0 Å². The zero-order valence-corrected chi connectivity index (χ0v) is 13.1. The molecule has 0 saturated carbocycles. The molecule has 2 aromatic carbocycles. The Bertz CT molecular complexity index is 844. The van der Waals surface area contributed by atoms with Crippen LogP contribution in [0.1, 0.15) is 22.8 Å². The summed E-state index contributed by atoms with van der Waals surface area (Å²) >= 11 is 0.